The minimum atomic E-state index is 0.613. The van der Waals surface area contributed by atoms with Gasteiger partial charge in [-0.2, -0.15) is 0 Å². The molecule has 0 aliphatic carbocycles. The highest BCUT2D eigenvalue weighted by atomic mass is 16.5. The van der Waals surface area contributed by atoms with Gasteiger partial charge < -0.3 is 14.8 Å². The summed E-state index contributed by atoms with van der Waals surface area (Å²) in [6, 6.07) is 6.20. The van der Waals surface area contributed by atoms with Crippen LogP contribution >= 0.6 is 0 Å². The summed E-state index contributed by atoms with van der Waals surface area (Å²) >= 11 is 0. The smallest absolute Gasteiger partial charge is 0.126 e. The number of methoxy groups -OCH3 is 1. The van der Waals surface area contributed by atoms with Crippen molar-refractivity contribution in [3.8, 4) is 11.5 Å². The van der Waals surface area contributed by atoms with Crippen LogP contribution < -0.4 is 14.8 Å². The van der Waals surface area contributed by atoms with Crippen LogP contribution in [0, 0.1) is 0 Å². The van der Waals surface area contributed by atoms with Crippen LogP contribution in [0.4, 0.5) is 0 Å². The minimum absolute atomic E-state index is 0.613. The average molecular weight is 235 g/mol. The molecule has 1 N–H and O–H groups in total. The number of rotatable bonds is 4. The van der Waals surface area contributed by atoms with E-state index in [2.05, 4.69) is 11.4 Å². The fourth-order valence-electron chi connectivity index (χ4n) is 2.42. The number of piperidine rings is 1. The maximum Gasteiger partial charge on any atom is 0.126 e. The van der Waals surface area contributed by atoms with Gasteiger partial charge in [0.2, 0.25) is 0 Å². The lowest BCUT2D eigenvalue weighted by atomic mass is 9.89. The Morgan fingerprint density at radius 2 is 2.06 bits per heavy atom. The Hall–Kier alpha value is -1.22. The first-order valence-corrected chi connectivity index (χ1v) is 6.36. The number of nitrogens with one attached hydrogen (secondary N) is 1. The third-order valence-corrected chi connectivity index (χ3v) is 3.29. The zero-order chi connectivity index (χ0) is 12.1. The Bertz CT molecular complexity index is 359. The molecule has 1 aromatic carbocycles. The van der Waals surface area contributed by atoms with Crippen molar-refractivity contribution in [3.63, 3.8) is 0 Å². The predicted molar refractivity (Wildman–Crippen MR) is 69.0 cm³/mol. The number of ether oxygens (including phenoxy) is 2. The van der Waals surface area contributed by atoms with E-state index in [1.165, 1.54) is 18.4 Å². The van der Waals surface area contributed by atoms with E-state index in [0.29, 0.717) is 12.5 Å². The third-order valence-electron chi connectivity index (χ3n) is 3.29. The normalized spacial score (nSPS) is 16.8. The summed E-state index contributed by atoms with van der Waals surface area (Å²) in [4.78, 5) is 0. The van der Waals surface area contributed by atoms with Gasteiger partial charge in [-0.3, -0.25) is 0 Å². The maximum absolute atomic E-state index is 5.50. The zero-order valence-electron chi connectivity index (χ0n) is 10.7. The molecule has 0 radical (unpaired) electrons. The molecule has 0 amide bonds. The summed E-state index contributed by atoms with van der Waals surface area (Å²) in [5, 5.41) is 3.39. The number of hydrogen-bond donors (Lipinski definition) is 1. The molecule has 3 heteroatoms. The lowest BCUT2D eigenvalue weighted by Crippen LogP contribution is -2.26. The summed E-state index contributed by atoms with van der Waals surface area (Å²) in [6.45, 7) is 4.88. The van der Waals surface area contributed by atoms with Gasteiger partial charge in [0.25, 0.3) is 0 Å². The highest BCUT2D eigenvalue weighted by molar-refractivity contribution is 5.43. The molecule has 1 fully saturated rings. The Kier molecular flexibility index (Phi) is 4.26. The molecule has 1 aromatic rings. The predicted octanol–water partition coefficient (Wildman–Crippen LogP) is 2.56. The van der Waals surface area contributed by atoms with Crippen LogP contribution in [0.2, 0.25) is 0 Å². The molecule has 0 atom stereocenters. The number of hydrogen-bond acceptors (Lipinski definition) is 3. The van der Waals surface area contributed by atoms with E-state index in [1.54, 1.807) is 7.11 Å². The molecular weight excluding hydrogens is 214 g/mol. The molecular formula is C14H21NO2. The lowest BCUT2D eigenvalue weighted by Gasteiger charge is -2.24. The van der Waals surface area contributed by atoms with Crippen LogP contribution in [0.5, 0.6) is 11.5 Å². The van der Waals surface area contributed by atoms with Crippen LogP contribution in [-0.4, -0.2) is 26.8 Å². The quantitative estimate of drug-likeness (QED) is 0.870. The van der Waals surface area contributed by atoms with E-state index in [1.807, 2.05) is 19.1 Å². The van der Waals surface area contributed by atoms with Gasteiger partial charge in [-0.1, -0.05) is 6.07 Å². The van der Waals surface area contributed by atoms with Gasteiger partial charge >= 0.3 is 0 Å². The van der Waals surface area contributed by atoms with Crippen molar-refractivity contribution in [1.82, 2.24) is 5.32 Å². The van der Waals surface area contributed by atoms with Crippen molar-refractivity contribution in [2.75, 3.05) is 26.8 Å². The van der Waals surface area contributed by atoms with Gasteiger partial charge in [0, 0.05) is 6.07 Å². The van der Waals surface area contributed by atoms with Crippen molar-refractivity contribution < 1.29 is 9.47 Å². The van der Waals surface area contributed by atoms with E-state index >= 15 is 0 Å². The van der Waals surface area contributed by atoms with Crippen LogP contribution in [-0.2, 0) is 0 Å². The molecule has 1 aliphatic rings. The van der Waals surface area contributed by atoms with Crippen molar-refractivity contribution in [2.24, 2.45) is 0 Å². The second-order valence-electron chi connectivity index (χ2n) is 4.36. The molecule has 1 aliphatic heterocycles. The van der Waals surface area contributed by atoms with Crippen molar-refractivity contribution >= 4 is 0 Å². The van der Waals surface area contributed by atoms with Gasteiger partial charge in [0.15, 0.2) is 0 Å². The van der Waals surface area contributed by atoms with Gasteiger partial charge in [-0.25, -0.2) is 0 Å². The van der Waals surface area contributed by atoms with Crippen LogP contribution in [0.15, 0.2) is 18.2 Å². The lowest BCUT2D eigenvalue weighted by molar-refractivity contribution is 0.334. The highest BCUT2D eigenvalue weighted by Gasteiger charge is 2.19. The second kappa shape index (κ2) is 5.92. The average Bonchev–Trinajstić information content (AvgIpc) is 2.40. The van der Waals surface area contributed by atoms with Crippen LogP contribution in [0.3, 0.4) is 0 Å². The van der Waals surface area contributed by atoms with Crippen molar-refractivity contribution in [2.45, 2.75) is 25.7 Å². The summed E-state index contributed by atoms with van der Waals surface area (Å²) in [5.41, 5.74) is 1.32. The fourth-order valence-corrected chi connectivity index (χ4v) is 2.42. The SMILES string of the molecule is CCOc1ccc(C2CCNCC2)c(OC)c1. The first kappa shape index (κ1) is 12.2. The van der Waals surface area contributed by atoms with Crippen LogP contribution in [0.25, 0.3) is 0 Å². The molecule has 3 nitrogen and oxygen atoms in total. The largest absolute Gasteiger partial charge is 0.496 e. The molecule has 1 saturated heterocycles. The number of benzene rings is 1. The molecule has 0 unspecified atom stereocenters. The van der Waals surface area contributed by atoms with E-state index < -0.39 is 0 Å². The second-order valence-corrected chi connectivity index (χ2v) is 4.36. The molecule has 94 valence electrons. The first-order valence-electron chi connectivity index (χ1n) is 6.36. The Balaban J connectivity index is 2.20. The van der Waals surface area contributed by atoms with Gasteiger partial charge in [0.1, 0.15) is 11.5 Å². The van der Waals surface area contributed by atoms with E-state index in [0.717, 1.165) is 24.6 Å². The molecule has 0 aromatic heterocycles. The first-order chi connectivity index (χ1) is 8.35. The topological polar surface area (TPSA) is 30.5 Å². The monoisotopic (exact) mass is 235 g/mol. The summed E-state index contributed by atoms with van der Waals surface area (Å²) < 4.78 is 11.0. The summed E-state index contributed by atoms with van der Waals surface area (Å²) in [7, 11) is 1.73. The third kappa shape index (κ3) is 2.91. The molecule has 0 saturated carbocycles. The van der Waals surface area contributed by atoms with Crippen molar-refractivity contribution in [1.29, 1.82) is 0 Å². The minimum Gasteiger partial charge on any atom is -0.496 e. The van der Waals surface area contributed by atoms with Gasteiger partial charge in [-0.05, 0) is 50.4 Å². The Morgan fingerprint density at radius 1 is 1.29 bits per heavy atom. The van der Waals surface area contributed by atoms with Crippen LogP contribution in [0.1, 0.15) is 31.2 Å². The Labute approximate surface area is 103 Å². The summed E-state index contributed by atoms with van der Waals surface area (Å²) in [5.74, 6) is 2.46. The van der Waals surface area contributed by atoms with E-state index in [-0.39, 0.29) is 0 Å². The molecule has 17 heavy (non-hydrogen) atoms. The summed E-state index contributed by atoms with van der Waals surface area (Å²) in [6.07, 6.45) is 2.37. The van der Waals surface area contributed by atoms with Gasteiger partial charge in [0.05, 0.1) is 13.7 Å². The highest BCUT2D eigenvalue weighted by Crippen LogP contribution is 2.34. The molecule has 0 spiro atoms. The fraction of sp³-hybridized carbons (Fsp3) is 0.571. The molecule has 2 rings (SSSR count). The standard InChI is InChI=1S/C14H21NO2/c1-3-17-12-4-5-13(14(10-12)16-2)11-6-8-15-9-7-11/h4-5,10-11,15H,3,6-9H2,1-2H3. The molecule has 0 bridgehead atoms. The van der Waals surface area contributed by atoms with E-state index in [4.69, 9.17) is 9.47 Å². The van der Waals surface area contributed by atoms with Crippen molar-refractivity contribution in [3.05, 3.63) is 23.8 Å². The molecule has 1 heterocycles. The maximum atomic E-state index is 5.50. The Morgan fingerprint density at radius 3 is 2.71 bits per heavy atom. The zero-order valence-corrected chi connectivity index (χ0v) is 10.7. The van der Waals surface area contributed by atoms with E-state index in [9.17, 15) is 0 Å². The van der Waals surface area contributed by atoms with Gasteiger partial charge in [-0.15, -0.1) is 0 Å².